The van der Waals surface area contributed by atoms with E-state index in [1.54, 1.807) is 6.92 Å². The lowest BCUT2D eigenvalue weighted by Crippen LogP contribution is -2.51. The van der Waals surface area contributed by atoms with E-state index >= 15 is 0 Å². The van der Waals surface area contributed by atoms with Gasteiger partial charge in [-0.05, 0) is 45.0 Å². The zero-order chi connectivity index (χ0) is 21.4. The van der Waals surface area contributed by atoms with Crippen LogP contribution in [0.3, 0.4) is 0 Å². The number of piperidine rings is 1. The van der Waals surface area contributed by atoms with Gasteiger partial charge in [-0.3, -0.25) is 4.79 Å². The standard InChI is InChI=1S/C25H27N3O3/c1-17-22(27-24(30-17)18-8-4-3-5-9-18)23(29)26-20-16-25(12-14-28(2)15-13-25)31-21-11-7-6-10-19(20)21/h3-11,20H,12-16H2,1-2H3,(H,26,29). The smallest absolute Gasteiger partial charge is 0.274 e. The summed E-state index contributed by atoms with van der Waals surface area (Å²) < 4.78 is 12.3. The molecule has 1 spiro atoms. The maximum atomic E-state index is 13.2. The maximum absolute atomic E-state index is 13.2. The summed E-state index contributed by atoms with van der Waals surface area (Å²) in [6, 6.07) is 17.5. The number of fused-ring (bicyclic) bond motifs is 1. The number of oxazole rings is 1. The summed E-state index contributed by atoms with van der Waals surface area (Å²) in [5.74, 6) is 1.63. The van der Waals surface area contributed by atoms with Gasteiger partial charge in [-0.1, -0.05) is 36.4 Å². The second kappa shape index (κ2) is 7.85. The minimum absolute atomic E-state index is 0.128. The first kappa shape index (κ1) is 19.8. The van der Waals surface area contributed by atoms with E-state index in [9.17, 15) is 4.79 Å². The first-order chi connectivity index (χ1) is 15.0. The fourth-order valence-corrected chi connectivity index (χ4v) is 4.62. The molecule has 1 atom stereocenters. The fraction of sp³-hybridized carbons (Fsp3) is 0.360. The highest BCUT2D eigenvalue weighted by Crippen LogP contribution is 2.44. The Balaban J connectivity index is 1.41. The number of benzene rings is 2. The van der Waals surface area contributed by atoms with Crippen molar-refractivity contribution in [3.05, 3.63) is 71.6 Å². The van der Waals surface area contributed by atoms with Crippen molar-refractivity contribution >= 4 is 5.91 Å². The van der Waals surface area contributed by atoms with Gasteiger partial charge >= 0.3 is 0 Å². The van der Waals surface area contributed by atoms with E-state index in [1.165, 1.54) is 0 Å². The Kier molecular flexibility index (Phi) is 5.02. The van der Waals surface area contributed by atoms with Gasteiger partial charge in [0.25, 0.3) is 5.91 Å². The average molecular weight is 418 g/mol. The number of hydrogen-bond acceptors (Lipinski definition) is 5. The molecule has 0 bridgehead atoms. The molecule has 1 unspecified atom stereocenters. The summed E-state index contributed by atoms with van der Waals surface area (Å²) >= 11 is 0. The summed E-state index contributed by atoms with van der Waals surface area (Å²) in [4.78, 5) is 20.1. The van der Waals surface area contributed by atoms with E-state index in [4.69, 9.17) is 9.15 Å². The molecule has 1 amide bonds. The highest BCUT2D eigenvalue weighted by molar-refractivity contribution is 5.94. The number of ether oxygens (including phenoxy) is 1. The largest absolute Gasteiger partial charge is 0.487 e. The predicted molar refractivity (Wildman–Crippen MR) is 118 cm³/mol. The monoisotopic (exact) mass is 417 g/mol. The highest BCUT2D eigenvalue weighted by atomic mass is 16.5. The molecule has 5 rings (SSSR count). The lowest BCUT2D eigenvalue weighted by molar-refractivity contribution is -0.0196. The van der Waals surface area contributed by atoms with Crippen LogP contribution in [-0.2, 0) is 0 Å². The number of hydrogen-bond donors (Lipinski definition) is 1. The zero-order valence-corrected chi connectivity index (χ0v) is 17.9. The van der Waals surface area contributed by atoms with Gasteiger partial charge in [-0.2, -0.15) is 0 Å². The maximum Gasteiger partial charge on any atom is 0.274 e. The number of aryl methyl sites for hydroxylation is 1. The Bertz CT molecular complexity index is 1080. The van der Waals surface area contributed by atoms with Gasteiger partial charge in [0.2, 0.25) is 5.89 Å². The summed E-state index contributed by atoms with van der Waals surface area (Å²) in [7, 11) is 2.14. The number of carbonyl (C=O) groups is 1. The van der Waals surface area contributed by atoms with Crippen LogP contribution in [-0.4, -0.2) is 41.5 Å². The summed E-state index contributed by atoms with van der Waals surface area (Å²) in [6.45, 7) is 3.77. The summed E-state index contributed by atoms with van der Waals surface area (Å²) in [5.41, 5.74) is 1.96. The molecular weight excluding hydrogens is 390 g/mol. The van der Waals surface area contributed by atoms with Gasteiger partial charge in [-0.15, -0.1) is 0 Å². The number of para-hydroxylation sites is 1. The molecule has 1 saturated heterocycles. The molecule has 3 heterocycles. The number of amides is 1. The SMILES string of the molecule is Cc1oc(-c2ccccc2)nc1C(=O)NC1CC2(CCN(C)CC2)Oc2ccccc21. The molecule has 2 aliphatic heterocycles. The average Bonchev–Trinajstić information content (AvgIpc) is 3.18. The van der Waals surface area contributed by atoms with E-state index in [-0.39, 0.29) is 17.6 Å². The van der Waals surface area contributed by atoms with Gasteiger partial charge in [0.1, 0.15) is 17.1 Å². The lowest BCUT2D eigenvalue weighted by atomic mass is 9.80. The molecule has 0 saturated carbocycles. The Morgan fingerprint density at radius 3 is 2.58 bits per heavy atom. The van der Waals surface area contributed by atoms with E-state index < -0.39 is 0 Å². The second-order valence-electron chi connectivity index (χ2n) is 8.65. The van der Waals surface area contributed by atoms with Gasteiger partial charge in [0, 0.05) is 30.6 Å². The first-order valence-electron chi connectivity index (χ1n) is 10.8. The quantitative estimate of drug-likeness (QED) is 0.686. The third-order valence-electron chi connectivity index (χ3n) is 6.43. The van der Waals surface area contributed by atoms with E-state index in [0.29, 0.717) is 17.3 Å². The summed E-state index contributed by atoms with van der Waals surface area (Å²) in [5, 5.41) is 3.22. The van der Waals surface area contributed by atoms with Crippen molar-refractivity contribution in [2.24, 2.45) is 0 Å². The van der Waals surface area contributed by atoms with Gasteiger partial charge in [-0.25, -0.2) is 4.98 Å². The third kappa shape index (κ3) is 3.83. The molecule has 2 aromatic carbocycles. The van der Waals surface area contributed by atoms with E-state index in [2.05, 4.69) is 22.2 Å². The zero-order valence-electron chi connectivity index (χ0n) is 17.9. The molecular formula is C25H27N3O3. The molecule has 1 aromatic heterocycles. The van der Waals surface area contributed by atoms with Crippen molar-refractivity contribution in [2.45, 2.75) is 37.8 Å². The van der Waals surface area contributed by atoms with Gasteiger partial charge in [0.05, 0.1) is 6.04 Å². The number of rotatable bonds is 3. The lowest BCUT2D eigenvalue weighted by Gasteiger charge is -2.46. The van der Waals surface area contributed by atoms with Crippen LogP contribution in [0.4, 0.5) is 0 Å². The van der Waals surface area contributed by atoms with Crippen LogP contribution in [0.15, 0.2) is 59.0 Å². The molecule has 160 valence electrons. The fourth-order valence-electron chi connectivity index (χ4n) is 4.62. The van der Waals surface area contributed by atoms with Crippen LogP contribution in [0.2, 0.25) is 0 Å². The predicted octanol–water partition coefficient (Wildman–Crippen LogP) is 4.37. The number of nitrogens with one attached hydrogen (secondary N) is 1. The summed E-state index contributed by atoms with van der Waals surface area (Å²) in [6.07, 6.45) is 2.66. The van der Waals surface area contributed by atoms with E-state index in [0.717, 1.165) is 49.2 Å². The van der Waals surface area contributed by atoms with Crippen molar-refractivity contribution in [3.8, 4) is 17.2 Å². The molecule has 31 heavy (non-hydrogen) atoms. The Morgan fingerprint density at radius 1 is 1.10 bits per heavy atom. The number of carbonyl (C=O) groups excluding carboxylic acids is 1. The Morgan fingerprint density at radius 2 is 1.81 bits per heavy atom. The molecule has 1 N–H and O–H groups in total. The van der Waals surface area contributed by atoms with E-state index in [1.807, 2.05) is 54.6 Å². The van der Waals surface area contributed by atoms with Gasteiger partial charge in [0.15, 0.2) is 5.69 Å². The Labute approximate surface area is 182 Å². The highest BCUT2D eigenvalue weighted by Gasteiger charge is 2.43. The van der Waals surface area contributed by atoms with Crippen LogP contribution in [0.5, 0.6) is 5.75 Å². The molecule has 6 nitrogen and oxygen atoms in total. The van der Waals surface area contributed by atoms with Gasteiger partial charge < -0.3 is 19.4 Å². The van der Waals surface area contributed by atoms with Crippen LogP contribution in [0, 0.1) is 6.92 Å². The minimum Gasteiger partial charge on any atom is -0.487 e. The molecule has 3 aromatic rings. The molecule has 2 aliphatic rings. The molecule has 6 heteroatoms. The van der Waals surface area contributed by atoms with Crippen molar-refractivity contribution in [2.75, 3.05) is 20.1 Å². The van der Waals surface area contributed by atoms with Crippen molar-refractivity contribution in [3.63, 3.8) is 0 Å². The normalized spacial score (nSPS) is 20.1. The minimum atomic E-state index is -0.243. The van der Waals surface area contributed by atoms with Crippen molar-refractivity contribution in [1.82, 2.24) is 15.2 Å². The van der Waals surface area contributed by atoms with Crippen LogP contribution >= 0.6 is 0 Å². The number of aromatic nitrogens is 1. The molecule has 0 aliphatic carbocycles. The van der Waals surface area contributed by atoms with Crippen molar-refractivity contribution < 1.29 is 13.9 Å². The Hall–Kier alpha value is -3.12. The molecule has 1 fully saturated rings. The topological polar surface area (TPSA) is 67.6 Å². The first-order valence-corrected chi connectivity index (χ1v) is 10.8. The van der Waals surface area contributed by atoms with Crippen molar-refractivity contribution in [1.29, 1.82) is 0 Å². The number of likely N-dealkylation sites (tertiary alicyclic amines) is 1. The number of nitrogens with zero attached hydrogens (tertiary/aromatic N) is 2. The third-order valence-corrected chi connectivity index (χ3v) is 6.43. The second-order valence-corrected chi connectivity index (χ2v) is 8.65. The van der Waals surface area contributed by atoms with Crippen LogP contribution in [0.25, 0.3) is 11.5 Å². The molecule has 0 radical (unpaired) electrons. The van der Waals surface area contributed by atoms with Crippen LogP contribution in [0.1, 0.15) is 47.1 Å². The van der Waals surface area contributed by atoms with Crippen LogP contribution < -0.4 is 10.1 Å².